The van der Waals surface area contributed by atoms with Crippen molar-refractivity contribution in [2.45, 2.75) is 31.8 Å². The van der Waals surface area contributed by atoms with E-state index >= 15 is 0 Å². The van der Waals surface area contributed by atoms with Gasteiger partial charge in [0.25, 0.3) is 0 Å². The molecule has 2 heterocycles. The Kier molecular flexibility index (Phi) is 5.50. The van der Waals surface area contributed by atoms with Gasteiger partial charge in [-0.15, -0.1) is 0 Å². The first-order valence-corrected chi connectivity index (χ1v) is 9.84. The molecule has 0 amide bonds. The van der Waals surface area contributed by atoms with Gasteiger partial charge in [0, 0.05) is 31.5 Å². The van der Waals surface area contributed by atoms with Crippen molar-refractivity contribution in [3.8, 4) is 0 Å². The van der Waals surface area contributed by atoms with Crippen LogP contribution >= 0.6 is 0 Å². The molecule has 2 aromatic carbocycles. The summed E-state index contributed by atoms with van der Waals surface area (Å²) in [5.41, 5.74) is 3.87. The maximum atomic E-state index is 4.77. The second kappa shape index (κ2) is 8.36. The molecule has 1 saturated heterocycles. The van der Waals surface area contributed by atoms with Crippen LogP contribution in [-0.4, -0.2) is 23.5 Å². The molecule has 138 valence electrons. The van der Waals surface area contributed by atoms with Crippen LogP contribution in [0.2, 0.25) is 0 Å². The highest BCUT2D eigenvalue weighted by Crippen LogP contribution is 2.32. The lowest BCUT2D eigenvalue weighted by molar-refractivity contribution is 0.140. The number of hydrogen-bond acceptors (Lipinski definition) is 3. The number of anilines is 2. The Labute approximate surface area is 162 Å². The number of benzene rings is 2. The number of nitrogens with zero attached hydrogens (tertiary/aromatic N) is 3. The normalized spacial score (nSPS) is 17.6. The molecule has 0 unspecified atom stereocenters. The van der Waals surface area contributed by atoms with E-state index in [0.717, 1.165) is 24.6 Å². The SMILES string of the molecule is CN(c1ccccc1)c1ccc([C@@H]2CCCCN2Cc2ccccc2)cn1. The third kappa shape index (κ3) is 4.20. The molecule has 0 N–H and O–H groups in total. The summed E-state index contributed by atoms with van der Waals surface area (Å²) in [4.78, 5) is 9.51. The smallest absolute Gasteiger partial charge is 0.132 e. The summed E-state index contributed by atoms with van der Waals surface area (Å²) in [6, 6.07) is 26.0. The quantitative estimate of drug-likeness (QED) is 0.594. The van der Waals surface area contributed by atoms with Crippen molar-refractivity contribution >= 4 is 11.5 Å². The van der Waals surface area contributed by atoms with Crippen molar-refractivity contribution in [3.63, 3.8) is 0 Å². The van der Waals surface area contributed by atoms with Gasteiger partial charge < -0.3 is 4.90 Å². The highest BCUT2D eigenvalue weighted by Gasteiger charge is 2.24. The Morgan fingerprint density at radius 2 is 1.67 bits per heavy atom. The lowest BCUT2D eigenvalue weighted by Crippen LogP contribution is -2.33. The molecule has 3 heteroatoms. The fourth-order valence-electron chi connectivity index (χ4n) is 3.95. The van der Waals surface area contributed by atoms with Gasteiger partial charge in [-0.2, -0.15) is 0 Å². The van der Waals surface area contributed by atoms with Crippen molar-refractivity contribution in [2.75, 3.05) is 18.5 Å². The summed E-state index contributed by atoms with van der Waals surface area (Å²) in [6.45, 7) is 2.17. The Balaban J connectivity index is 1.51. The van der Waals surface area contributed by atoms with Gasteiger partial charge in [0.1, 0.15) is 5.82 Å². The third-order valence-corrected chi connectivity index (χ3v) is 5.48. The monoisotopic (exact) mass is 357 g/mol. The zero-order valence-electron chi connectivity index (χ0n) is 16.0. The van der Waals surface area contributed by atoms with Gasteiger partial charge in [0.2, 0.25) is 0 Å². The van der Waals surface area contributed by atoms with Crippen molar-refractivity contribution in [2.24, 2.45) is 0 Å². The van der Waals surface area contributed by atoms with Gasteiger partial charge in [-0.1, -0.05) is 61.0 Å². The van der Waals surface area contributed by atoms with Gasteiger partial charge in [0.15, 0.2) is 0 Å². The highest BCUT2D eigenvalue weighted by molar-refractivity contribution is 5.58. The van der Waals surface area contributed by atoms with Crippen molar-refractivity contribution in [3.05, 3.63) is 90.1 Å². The molecule has 0 spiro atoms. The summed E-state index contributed by atoms with van der Waals surface area (Å²) < 4.78 is 0. The molecule has 0 radical (unpaired) electrons. The predicted octanol–water partition coefficient (Wildman–Crippen LogP) is 5.58. The van der Waals surface area contributed by atoms with Crippen LogP contribution in [0.5, 0.6) is 0 Å². The average molecular weight is 358 g/mol. The topological polar surface area (TPSA) is 19.4 Å². The van der Waals surface area contributed by atoms with Gasteiger partial charge in [-0.3, -0.25) is 4.90 Å². The zero-order chi connectivity index (χ0) is 18.5. The van der Waals surface area contributed by atoms with E-state index in [4.69, 9.17) is 4.98 Å². The minimum Gasteiger partial charge on any atom is -0.329 e. The van der Waals surface area contributed by atoms with E-state index in [9.17, 15) is 0 Å². The molecule has 0 aliphatic carbocycles. The molecule has 0 saturated carbocycles. The molecule has 1 aliphatic heterocycles. The van der Waals surface area contributed by atoms with E-state index in [1.54, 1.807) is 0 Å². The van der Waals surface area contributed by atoms with Crippen molar-refractivity contribution < 1.29 is 0 Å². The Hall–Kier alpha value is -2.65. The zero-order valence-corrected chi connectivity index (χ0v) is 16.0. The number of piperidine rings is 1. The molecule has 3 aromatic rings. The molecule has 4 rings (SSSR count). The Morgan fingerprint density at radius 1 is 0.926 bits per heavy atom. The van der Waals surface area contributed by atoms with E-state index in [-0.39, 0.29) is 0 Å². The fraction of sp³-hybridized carbons (Fsp3) is 0.292. The second-order valence-corrected chi connectivity index (χ2v) is 7.31. The fourth-order valence-corrected chi connectivity index (χ4v) is 3.95. The minimum atomic E-state index is 0.461. The summed E-state index contributed by atoms with van der Waals surface area (Å²) in [6.07, 6.45) is 5.86. The minimum absolute atomic E-state index is 0.461. The predicted molar refractivity (Wildman–Crippen MR) is 112 cm³/mol. The number of para-hydroxylation sites is 1. The number of pyridine rings is 1. The molecule has 3 nitrogen and oxygen atoms in total. The van der Waals surface area contributed by atoms with Gasteiger partial charge in [0.05, 0.1) is 0 Å². The maximum absolute atomic E-state index is 4.77. The van der Waals surface area contributed by atoms with E-state index in [1.807, 2.05) is 6.07 Å². The summed E-state index contributed by atoms with van der Waals surface area (Å²) in [5, 5.41) is 0. The molecule has 27 heavy (non-hydrogen) atoms. The molecule has 1 fully saturated rings. The molecule has 1 atom stereocenters. The van der Waals surface area contributed by atoms with Gasteiger partial charge >= 0.3 is 0 Å². The van der Waals surface area contributed by atoms with E-state index in [1.165, 1.54) is 30.4 Å². The number of likely N-dealkylation sites (tertiary alicyclic amines) is 1. The molecule has 1 aliphatic rings. The van der Waals surface area contributed by atoms with Crippen LogP contribution in [0.1, 0.15) is 36.4 Å². The highest BCUT2D eigenvalue weighted by atomic mass is 15.2. The molecule has 0 bridgehead atoms. The third-order valence-electron chi connectivity index (χ3n) is 5.48. The van der Waals surface area contributed by atoms with Crippen LogP contribution in [0.4, 0.5) is 11.5 Å². The summed E-state index contributed by atoms with van der Waals surface area (Å²) in [7, 11) is 2.07. The van der Waals surface area contributed by atoms with Crippen LogP contribution < -0.4 is 4.90 Å². The average Bonchev–Trinajstić information content (AvgIpc) is 2.75. The molecule has 1 aromatic heterocycles. The Morgan fingerprint density at radius 3 is 2.37 bits per heavy atom. The number of hydrogen-bond donors (Lipinski definition) is 0. The van der Waals surface area contributed by atoms with E-state index in [2.05, 4.69) is 89.8 Å². The van der Waals surface area contributed by atoms with Crippen LogP contribution in [0.25, 0.3) is 0 Å². The number of aromatic nitrogens is 1. The summed E-state index contributed by atoms with van der Waals surface area (Å²) in [5.74, 6) is 0.982. The van der Waals surface area contributed by atoms with Crippen LogP contribution in [-0.2, 0) is 6.54 Å². The van der Waals surface area contributed by atoms with Crippen LogP contribution in [0.15, 0.2) is 79.0 Å². The van der Waals surface area contributed by atoms with Crippen molar-refractivity contribution in [1.29, 1.82) is 0 Å². The lowest BCUT2D eigenvalue weighted by Gasteiger charge is -2.36. The number of rotatable bonds is 5. The Bertz CT molecular complexity index is 831. The van der Waals surface area contributed by atoms with Crippen molar-refractivity contribution in [1.82, 2.24) is 9.88 Å². The van der Waals surface area contributed by atoms with E-state index < -0.39 is 0 Å². The van der Waals surface area contributed by atoms with Crippen LogP contribution in [0, 0.1) is 0 Å². The first-order chi connectivity index (χ1) is 13.3. The first kappa shape index (κ1) is 17.7. The maximum Gasteiger partial charge on any atom is 0.132 e. The standard InChI is InChI=1S/C24H27N3/c1-26(22-12-6-3-7-13-22)24-16-15-21(18-25-24)23-14-8-9-17-27(23)19-20-10-4-2-5-11-20/h2-7,10-13,15-16,18,23H,8-9,14,17,19H2,1H3/t23-/m0/s1. The lowest BCUT2D eigenvalue weighted by atomic mass is 9.95. The van der Waals surface area contributed by atoms with E-state index in [0.29, 0.717) is 6.04 Å². The largest absolute Gasteiger partial charge is 0.329 e. The molecular weight excluding hydrogens is 330 g/mol. The van der Waals surface area contributed by atoms with Gasteiger partial charge in [-0.05, 0) is 48.7 Å². The van der Waals surface area contributed by atoms with Gasteiger partial charge in [-0.25, -0.2) is 4.98 Å². The van der Waals surface area contributed by atoms with Crippen LogP contribution in [0.3, 0.4) is 0 Å². The molecular formula is C24H27N3. The first-order valence-electron chi connectivity index (χ1n) is 9.84. The second-order valence-electron chi connectivity index (χ2n) is 7.31. The summed E-state index contributed by atoms with van der Waals surface area (Å²) >= 11 is 0.